The molecule has 0 aliphatic heterocycles. The van der Waals surface area contributed by atoms with Gasteiger partial charge in [-0.3, -0.25) is 4.79 Å². The second-order valence-electron chi connectivity index (χ2n) is 5.80. The Kier molecular flexibility index (Phi) is 4.88. The first-order chi connectivity index (χ1) is 9.56. The molecule has 0 spiro atoms. The predicted molar refractivity (Wildman–Crippen MR) is 80.7 cm³/mol. The first-order valence-corrected chi connectivity index (χ1v) is 7.34. The van der Waals surface area contributed by atoms with Crippen LogP contribution in [-0.2, 0) is 4.79 Å². The van der Waals surface area contributed by atoms with Crippen LogP contribution in [0.25, 0.3) is 0 Å². The number of rotatable bonds is 5. The minimum absolute atomic E-state index is 0.0830. The van der Waals surface area contributed by atoms with Gasteiger partial charge in [-0.1, -0.05) is 32.8 Å². The normalized spacial score (nSPS) is 26.0. The quantitative estimate of drug-likeness (QED) is 0.869. The molecule has 1 saturated carbocycles. The largest absolute Gasteiger partial charge is 0.484 e. The summed E-state index contributed by atoms with van der Waals surface area (Å²) in [5, 5.41) is 3.59. The van der Waals surface area contributed by atoms with Crippen LogP contribution >= 0.6 is 0 Å². The SMILES string of the molecule is CC1CCCC(Nc2cccc(OCC(N)=O)c2)C1C. The van der Waals surface area contributed by atoms with Gasteiger partial charge < -0.3 is 15.8 Å². The molecule has 0 heterocycles. The van der Waals surface area contributed by atoms with Crippen LogP contribution in [0.3, 0.4) is 0 Å². The number of anilines is 1. The van der Waals surface area contributed by atoms with Crippen molar-refractivity contribution in [1.82, 2.24) is 0 Å². The molecule has 0 radical (unpaired) electrons. The van der Waals surface area contributed by atoms with Crippen LogP contribution in [0, 0.1) is 11.8 Å². The summed E-state index contributed by atoms with van der Waals surface area (Å²) >= 11 is 0. The van der Waals surface area contributed by atoms with Gasteiger partial charge in [0, 0.05) is 17.8 Å². The van der Waals surface area contributed by atoms with Crippen molar-refractivity contribution in [3.8, 4) is 5.75 Å². The first-order valence-electron chi connectivity index (χ1n) is 7.34. The van der Waals surface area contributed by atoms with Gasteiger partial charge in [-0.05, 0) is 30.4 Å². The lowest BCUT2D eigenvalue weighted by molar-refractivity contribution is -0.119. The fraction of sp³-hybridized carbons (Fsp3) is 0.562. The second kappa shape index (κ2) is 6.64. The summed E-state index contributed by atoms with van der Waals surface area (Å²) in [4.78, 5) is 10.7. The molecule has 0 bridgehead atoms. The maximum atomic E-state index is 10.7. The molecule has 1 amide bonds. The number of carbonyl (C=O) groups excluding carboxylic acids is 1. The molecule has 1 aromatic rings. The summed E-state index contributed by atoms with van der Waals surface area (Å²) in [6.07, 6.45) is 3.81. The van der Waals surface area contributed by atoms with Gasteiger partial charge in [0.1, 0.15) is 5.75 Å². The number of carbonyl (C=O) groups is 1. The van der Waals surface area contributed by atoms with Crippen LogP contribution in [0.15, 0.2) is 24.3 Å². The van der Waals surface area contributed by atoms with Gasteiger partial charge in [-0.2, -0.15) is 0 Å². The average molecular weight is 276 g/mol. The van der Waals surface area contributed by atoms with Crippen LogP contribution in [0.4, 0.5) is 5.69 Å². The molecule has 3 atom stereocenters. The smallest absolute Gasteiger partial charge is 0.255 e. The van der Waals surface area contributed by atoms with Crippen molar-refractivity contribution < 1.29 is 9.53 Å². The number of benzene rings is 1. The molecule has 110 valence electrons. The van der Waals surface area contributed by atoms with Crippen molar-refractivity contribution >= 4 is 11.6 Å². The molecule has 0 aromatic heterocycles. The lowest BCUT2D eigenvalue weighted by Gasteiger charge is -2.35. The molecule has 0 saturated heterocycles. The summed E-state index contributed by atoms with van der Waals surface area (Å²) in [6.45, 7) is 4.56. The highest BCUT2D eigenvalue weighted by molar-refractivity contribution is 5.75. The van der Waals surface area contributed by atoms with Gasteiger partial charge in [0.15, 0.2) is 6.61 Å². The summed E-state index contributed by atoms with van der Waals surface area (Å²) in [7, 11) is 0. The Morgan fingerprint density at radius 1 is 1.40 bits per heavy atom. The van der Waals surface area contributed by atoms with Crippen molar-refractivity contribution in [2.24, 2.45) is 17.6 Å². The first kappa shape index (κ1) is 14.7. The van der Waals surface area contributed by atoms with Gasteiger partial charge in [0.2, 0.25) is 0 Å². The Bertz CT molecular complexity index is 462. The monoisotopic (exact) mass is 276 g/mol. The Morgan fingerprint density at radius 2 is 2.20 bits per heavy atom. The van der Waals surface area contributed by atoms with Crippen molar-refractivity contribution in [1.29, 1.82) is 0 Å². The molecule has 1 aromatic carbocycles. The highest BCUT2D eigenvalue weighted by Crippen LogP contribution is 2.32. The fourth-order valence-corrected chi connectivity index (χ4v) is 2.83. The van der Waals surface area contributed by atoms with Gasteiger partial charge in [-0.15, -0.1) is 0 Å². The van der Waals surface area contributed by atoms with Gasteiger partial charge in [0.05, 0.1) is 0 Å². The highest BCUT2D eigenvalue weighted by Gasteiger charge is 2.26. The zero-order chi connectivity index (χ0) is 14.5. The van der Waals surface area contributed by atoms with E-state index in [2.05, 4.69) is 19.2 Å². The molecule has 3 N–H and O–H groups in total. The average Bonchev–Trinajstić information content (AvgIpc) is 2.42. The molecule has 3 unspecified atom stereocenters. The van der Waals surface area contributed by atoms with Gasteiger partial charge >= 0.3 is 0 Å². The van der Waals surface area contributed by atoms with Crippen molar-refractivity contribution in [3.63, 3.8) is 0 Å². The number of nitrogens with two attached hydrogens (primary N) is 1. The maximum Gasteiger partial charge on any atom is 0.255 e. The van der Waals surface area contributed by atoms with E-state index in [1.54, 1.807) is 0 Å². The van der Waals surface area contributed by atoms with Gasteiger partial charge in [0.25, 0.3) is 5.91 Å². The highest BCUT2D eigenvalue weighted by atomic mass is 16.5. The zero-order valence-corrected chi connectivity index (χ0v) is 12.3. The molecule has 1 aliphatic rings. The number of ether oxygens (including phenoxy) is 1. The Balaban J connectivity index is 1.98. The standard InChI is InChI=1S/C16H24N2O2/c1-11-5-3-8-15(12(11)2)18-13-6-4-7-14(9-13)20-10-16(17)19/h4,6-7,9,11-12,15,18H,3,5,8,10H2,1-2H3,(H2,17,19). The van der Waals surface area contributed by atoms with Gasteiger partial charge in [-0.25, -0.2) is 0 Å². The van der Waals surface area contributed by atoms with Crippen LogP contribution in [0.1, 0.15) is 33.1 Å². The number of hydrogen-bond acceptors (Lipinski definition) is 3. The van der Waals surface area contributed by atoms with E-state index < -0.39 is 5.91 Å². The zero-order valence-electron chi connectivity index (χ0n) is 12.3. The van der Waals surface area contributed by atoms with E-state index >= 15 is 0 Å². The molecule has 4 heteroatoms. The van der Waals surface area contributed by atoms with Crippen molar-refractivity contribution in [2.75, 3.05) is 11.9 Å². The third kappa shape index (κ3) is 3.89. The van der Waals surface area contributed by atoms with E-state index in [0.29, 0.717) is 17.7 Å². The van der Waals surface area contributed by atoms with E-state index in [0.717, 1.165) is 11.6 Å². The van der Waals surface area contributed by atoms with Crippen LogP contribution < -0.4 is 15.8 Å². The summed E-state index contributed by atoms with van der Waals surface area (Å²) in [5.74, 6) is 1.64. The van der Waals surface area contributed by atoms with E-state index in [1.807, 2.05) is 24.3 Å². The molecule has 20 heavy (non-hydrogen) atoms. The third-order valence-corrected chi connectivity index (χ3v) is 4.27. The van der Waals surface area contributed by atoms with E-state index in [4.69, 9.17) is 10.5 Å². The fourth-order valence-electron chi connectivity index (χ4n) is 2.83. The van der Waals surface area contributed by atoms with E-state index in [9.17, 15) is 4.79 Å². The van der Waals surface area contributed by atoms with Crippen molar-refractivity contribution in [2.45, 2.75) is 39.2 Å². The maximum absolute atomic E-state index is 10.7. The summed E-state index contributed by atoms with van der Waals surface area (Å²) < 4.78 is 5.33. The summed E-state index contributed by atoms with van der Waals surface area (Å²) in [6, 6.07) is 8.22. The van der Waals surface area contributed by atoms with Crippen LogP contribution in [-0.4, -0.2) is 18.6 Å². The molecular formula is C16H24N2O2. The minimum atomic E-state index is -0.460. The molecule has 1 aliphatic carbocycles. The molecule has 1 fully saturated rings. The predicted octanol–water partition coefficient (Wildman–Crippen LogP) is 2.79. The molecule has 2 rings (SSSR count). The van der Waals surface area contributed by atoms with Crippen molar-refractivity contribution in [3.05, 3.63) is 24.3 Å². The lowest BCUT2D eigenvalue weighted by atomic mass is 9.78. The van der Waals surface area contributed by atoms with Crippen LogP contribution in [0.2, 0.25) is 0 Å². The number of amides is 1. The topological polar surface area (TPSA) is 64.3 Å². The number of primary amides is 1. The lowest BCUT2D eigenvalue weighted by Crippen LogP contribution is -2.34. The Morgan fingerprint density at radius 3 is 2.95 bits per heavy atom. The number of nitrogens with one attached hydrogen (secondary N) is 1. The number of hydrogen-bond donors (Lipinski definition) is 2. The Hall–Kier alpha value is -1.71. The Labute approximate surface area is 120 Å². The van der Waals surface area contributed by atoms with E-state index in [1.165, 1.54) is 19.3 Å². The second-order valence-corrected chi connectivity index (χ2v) is 5.80. The van der Waals surface area contributed by atoms with E-state index in [-0.39, 0.29) is 6.61 Å². The summed E-state index contributed by atoms with van der Waals surface area (Å²) in [5.41, 5.74) is 6.12. The molecular weight excluding hydrogens is 252 g/mol. The molecule has 4 nitrogen and oxygen atoms in total. The third-order valence-electron chi connectivity index (χ3n) is 4.27. The minimum Gasteiger partial charge on any atom is -0.484 e. The van der Waals surface area contributed by atoms with Crippen LogP contribution in [0.5, 0.6) is 5.75 Å².